The largest absolute Gasteiger partial charge is 0.494 e. The minimum Gasteiger partial charge on any atom is -0.494 e. The van der Waals surface area contributed by atoms with Crippen LogP contribution >= 0.6 is 0 Å². The molecule has 2 rings (SSSR count). The van der Waals surface area contributed by atoms with E-state index in [1.165, 1.54) is 11.1 Å². The van der Waals surface area contributed by atoms with Gasteiger partial charge in [0, 0.05) is 25.0 Å². The Hall–Kier alpha value is -1.48. The first kappa shape index (κ1) is 14.9. The van der Waals surface area contributed by atoms with Crippen LogP contribution in [0.25, 0.3) is 0 Å². The molecule has 0 fully saturated rings. The van der Waals surface area contributed by atoms with Crippen molar-refractivity contribution in [3.8, 4) is 0 Å². The Morgan fingerprint density at radius 1 is 1.30 bits per heavy atom. The summed E-state index contributed by atoms with van der Waals surface area (Å²) in [5.41, 5.74) is 3.91. The van der Waals surface area contributed by atoms with E-state index in [2.05, 4.69) is 35.3 Å². The maximum absolute atomic E-state index is 5.54. The van der Waals surface area contributed by atoms with Gasteiger partial charge in [-0.15, -0.1) is 0 Å². The second-order valence-corrected chi connectivity index (χ2v) is 6.28. The van der Waals surface area contributed by atoms with E-state index < -0.39 is 0 Å². The van der Waals surface area contributed by atoms with E-state index in [1.807, 2.05) is 27.0 Å². The first-order valence-electron chi connectivity index (χ1n) is 7.41. The molecule has 0 radical (unpaired) electrons. The molecular formula is C17H26N2O. The molecule has 0 spiro atoms. The number of rotatable bonds is 4. The zero-order valence-corrected chi connectivity index (χ0v) is 13.1. The van der Waals surface area contributed by atoms with Crippen molar-refractivity contribution in [3.05, 3.63) is 41.8 Å². The smallest absolute Gasteiger partial charge is 0.0999 e. The van der Waals surface area contributed by atoms with E-state index in [1.54, 1.807) is 6.26 Å². The van der Waals surface area contributed by atoms with Gasteiger partial charge in [0.05, 0.1) is 11.9 Å². The SMILES string of the molecule is CCN1CCc2cc(NC=COC(C)(C)C)ccc2C1. The van der Waals surface area contributed by atoms with Gasteiger partial charge in [-0.1, -0.05) is 13.0 Å². The Kier molecular flexibility index (Phi) is 4.71. The van der Waals surface area contributed by atoms with E-state index >= 15 is 0 Å². The summed E-state index contributed by atoms with van der Waals surface area (Å²) in [5, 5.41) is 3.27. The third-order valence-corrected chi connectivity index (χ3v) is 3.48. The highest BCUT2D eigenvalue weighted by Gasteiger charge is 2.14. The summed E-state index contributed by atoms with van der Waals surface area (Å²) in [5.74, 6) is 0. The molecule has 1 aromatic rings. The maximum atomic E-state index is 5.54. The molecule has 0 saturated heterocycles. The Morgan fingerprint density at radius 3 is 2.80 bits per heavy atom. The quantitative estimate of drug-likeness (QED) is 0.846. The third kappa shape index (κ3) is 4.27. The summed E-state index contributed by atoms with van der Waals surface area (Å²) in [4.78, 5) is 2.48. The van der Waals surface area contributed by atoms with E-state index in [-0.39, 0.29) is 5.60 Å². The Morgan fingerprint density at radius 2 is 2.10 bits per heavy atom. The lowest BCUT2D eigenvalue weighted by Crippen LogP contribution is -2.30. The third-order valence-electron chi connectivity index (χ3n) is 3.48. The van der Waals surface area contributed by atoms with Crippen molar-refractivity contribution in [3.63, 3.8) is 0 Å². The molecule has 1 aliphatic heterocycles. The van der Waals surface area contributed by atoms with E-state index in [0.717, 1.165) is 31.7 Å². The van der Waals surface area contributed by atoms with Crippen molar-refractivity contribution in [2.24, 2.45) is 0 Å². The number of hydrogen-bond donors (Lipinski definition) is 1. The molecule has 0 unspecified atom stereocenters. The highest BCUT2D eigenvalue weighted by Crippen LogP contribution is 2.22. The lowest BCUT2D eigenvalue weighted by atomic mass is 9.99. The predicted molar refractivity (Wildman–Crippen MR) is 84.7 cm³/mol. The number of likely N-dealkylation sites (N-methyl/N-ethyl adjacent to an activating group) is 1. The van der Waals surface area contributed by atoms with Gasteiger partial charge in [-0.25, -0.2) is 0 Å². The Balaban J connectivity index is 1.95. The van der Waals surface area contributed by atoms with Crippen LogP contribution in [-0.4, -0.2) is 23.6 Å². The summed E-state index contributed by atoms with van der Waals surface area (Å²) >= 11 is 0. The van der Waals surface area contributed by atoms with Gasteiger partial charge >= 0.3 is 0 Å². The van der Waals surface area contributed by atoms with Crippen LogP contribution in [0.2, 0.25) is 0 Å². The minimum absolute atomic E-state index is 0.141. The molecule has 110 valence electrons. The number of anilines is 1. The second-order valence-electron chi connectivity index (χ2n) is 6.28. The first-order valence-corrected chi connectivity index (χ1v) is 7.41. The van der Waals surface area contributed by atoms with Crippen LogP contribution < -0.4 is 5.32 Å². The lowest BCUT2D eigenvalue weighted by molar-refractivity contribution is 0.0766. The van der Waals surface area contributed by atoms with Crippen LogP contribution in [0.5, 0.6) is 0 Å². The normalized spacial score (nSPS) is 16.2. The lowest BCUT2D eigenvalue weighted by Gasteiger charge is -2.27. The van der Waals surface area contributed by atoms with Crippen molar-refractivity contribution in [2.45, 2.75) is 46.3 Å². The van der Waals surface area contributed by atoms with Gasteiger partial charge in [-0.05, 0) is 57.0 Å². The van der Waals surface area contributed by atoms with E-state index in [0.29, 0.717) is 0 Å². The summed E-state index contributed by atoms with van der Waals surface area (Å²) in [7, 11) is 0. The fourth-order valence-electron chi connectivity index (χ4n) is 2.34. The molecule has 3 nitrogen and oxygen atoms in total. The Bertz CT molecular complexity index is 474. The van der Waals surface area contributed by atoms with Crippen LogP contribution in [0.1, 0.15) is 38.8 Å². The van der Waals surface area contributed by atoms with Crippen molar-refractivity contribution >= 4 is 5.69 Å². The van der Waals surface area contributed by atoms with Crippen LogP contribution in [0.4, 0.5) is 5.69 Å². The molecule has 3 heteroatoms. The molecular weight excluding hydrogens is 248 g/mol. The number of benzene rings is 1. The van der Waals surface area contributed by atoms with Gasteiger partial charge < -0.3 is 10.1 Å². The van der Waals surface area contributed by atoms with Crippen LogP contribution in [-0.2, 0) is 17.7 Å². The highest BCUT2D eigenvalue weighted by molar-refractivity contribution is 5.51. The summed E-state index contributed by atoms with van der Waals surface area (Å²) in [6.45, 7) is 11.7. The van der Waals surface area contributed by atoms with Crippen molar-refractivity contribution in [1.82, 2.24) is 4.90 Å². The number of nitrogens with one attached hydrogen (secondary N) is 1. The van der Waals surface area contributed by atoms with Crippen molar-refractivity contribution < 1.29 is 4.74 Å². The second kappa shape index (κ2) is 6.31. The van der Waals surface area contributed by atoms with Crippen LogP contribution in [0.15, 0.2) is 30.7 Å². The first-order chi connectivity index (χ1) is 9.48. The van der Waals surface area contributed by atoms with Gasteiger partial charge in [-0.2, -0.15) is 0 Å². The van der Waals surface area contributed by atoms with Gasteiger partial charge in [0.15, 0.2) is 0 Å². The molecule has 0 atom stereocenters. The molecule has 0 saturated carbocycles. The van der Waals surface area contributed by atoms with Gasteiger partial charge in [0.25, 0.3) is 0 Å². The maximum Gasteiger partial charge on any atom is 0.0999 e. The molecule has 0 bridgehead atoms. The average molecular weight is 274 g/mol. The van der Waals surface area contributed by atoms with E-state index in [4.69, 9.17) is 4.74 Å². The predicted octanol–water partition coefficient (Wildman–Crippen LogP) is 3.76. The molecule has 1 aromatic carbocycles. The monoisotopic (exact) mass is 274 g/mol. The number of hydrogen-bond acceptors (Lipinski definition) is 3. The van der Waals surface area contributed by atoms with Gasteiger partial charge in [0.1, 0.15) is 0 Å². The zero-order chi connectivity index (χ0) is 14.6. The van der Waals surface area contributed by atoms with Crippen LogP contribution in [0.3, 0.4) is 0 Å². The fraction of sp³-hybridized carbons (Fsp3) is 0.529. The van der Waals surface area contributed by atoms with Gasteiger partial charge in [-0.3, -0.25) is 4.90 Å². The van der Waals surface area contributed by atoms with Crippen LogP contribution in [0, 0.1) is 0 Å². The molecule has 0 aliphatic carbocycles. The molecule has 1 aliphatic rings. The number of nitrogens with zero attached hydrogens (tertiary/aromatic N) is 1. The molecule has 0 aromatic heterocycles. The number of ether oxygens (including phenoxy) is 1. The standard InChI is InChI=1S/C17H26N2O/c1-5-19-10-8-14-12-16(7-6-15(14)13-19)18-9-11-20-17(2,3)4/h6-7,9,11-12,18H,5,8,10,13H2,1-4H3. The molecule has 1 N–H and O–H groups in total. The zero-order valence-electron chi connectivity index (χ0n) is 13.1. The van der Waals surface area contributed by atoms with Crippen molar-refractivity contribution in [2.75, 3.05) is 18.4 Å². The number of fused-ring (bicyclic) bond motifs is 1. The topological polar surface area (TPSA) is 24.5 Å². The van der Waals surface area contributed by atoms with E-state index in [9.17, 15) is 0 Å². The molecule has 0 amide bonds. The average Bonchev–Trinajstić information content (AvgIpc) is 2.42. The molecule has 20 heavy (non-hydrogen) atoms. The highest BCUT2D eigenvalue weighted by atomic mass is 16.5. The van der Waals surface area contributed by atoms with Crippen molar-refractivity contribution in [1.29, 1.82) is 0 Å². The summed E-state index contributed by atoms with van der Waals surface area (Å²) < 4.78 is 5.54. The fourth-order valence-corrected chi connectivity index (χ4v) is 2.34. The minimum atomic E-state index is -0.141. The molecule has 1 heterocycles. The summed E-state index contributed by atoms with van der Waals surface area (Å²) in [6, 6.07) is 6.63. The Labute approximate surface area is 122 Å². The van der Waals surface area contributed by atoms with Gasteiger partial charge in [0.2, 0.25) is 0 Å². The summed E-state index contributed by atoms with van der Waals surface area (Å²) in [6.07, 6.45) is 4.72.